The summed E-state index contributed by atoms with van der Waals surface area (Å²) < 4.78 is 5.59. The summed E-state index contributed by atoms with van der Waals surface area (Å²) in [7, 11) is 0. The minimum Gasteiger partial charge on any atom is -0.493 e. The van der Waals surface area contributed by atoms with Gasteiger partial charge in [0.25, 0.3) is 0 Å². The zero-order valence-electron chi connectivity index (χ0n) is 11.7. The van der Waals surface area contributed by atoms with Crippen LogP contribution in [0.15, 0.2) is 18.2 Å². The molecule has 1 amide bonds. The Morgan fingerprint density at radius 2 is 2.25 bits per heavy atom. The van der Waals surface area contributed by atoms with E-state index < -0.39 is 0 Å². The van der Waals surface area contributed by atoms with Crippen LogP contribution in [0, 0.1) is 11.8 Å². The predicted molar refractivity (Wildman–Crippen MR) is 78.8 cm³/mol. The summed E-state index contributed by atoms with van der Waals surface area (Å²) in [6.07, 6.45) is 5.21. The van der Waals surface area contributed by atoms with Crippen LogP contribution >= 0.6 is 0 Å². The smallest absolute Gasteiger partial charge is 0.227 e. The van der Waals surface area contributed by atoms with E-state index in [1.54, 1.807) is 0 Å². The summed E-state index contributed by atoms with van der Waals surface area (Å²) >= 11 is 0. The van der Waals surface area contributed by atoms with Crippen LogP contribution in [0.5, 0.6) is 5.75 Å². The third-order valence-corrected chi connectivity index (χ3v) is 4.47. The van der Waals surface area contributed by atoms with Gasteiger partial charge in [0.05, 0.1) is 6.61 Å². The molecule has 1 saturated carbocycles. The number of nitrogens with two attached hydrogens (primary N) is 1. The molecule has 20 heavy (non-hydrogen) atoms. The van der Waals surface area contributed by atoms with E-state index in [1.807, 2.05) is 18.2 Å². The maximum atomic E-state index is 12.4. The number of amides is 1. The monoisotopic (exact) mass is 274 g/mol. The van der Waals surface area contributed by atoms with Crippen molar-refractivity contribution >= 4 is 11.6 Å². The molecule has 0 saturated heterocycles. The lowest BCUT2D eigenvalue weighted by molar-refractivity contribution is -0.120. The molecule has 1 aliphatic heterocycles. The molecule has 108 valence electrons. The highest BCUT2D eigenvalue weighted by atomic mass is 16.5. The summed E-state index contributed by atoms with van der Waals surface area (Å²) in [6.45, 7) is 1.40. The second-order valence-corrected chi connectivity index (χ2v) is 5.80. The molecule has 0 spiro atoms. The Balaban J connectivity index is 1.69. The third kappa shape index (κ3) is 2.66. The van der Waals surface area contributed by atoms with Crippen LogP contribution < -0.4 is 15.8 Å². The zero-order chi connectivity index (χ0) is 13.9. The number of hydrogen-bond acceptors (Lipinski definition) is 3. The van der Waals surface area contributed by atoms with Gasteiger partial charge in [-0.25, -0.2) is 0 Å². The Bertz CT molecular complexity index is 501. The highest BCUT2D eigenvalue weighted by Crippen LogP contribution is 2.33. The Kier molecular flexibility index (Phi) is 3.92. The van der Waals surface area contributed by atoms with Crippen LogP contribution in [-0.4, -0.2) is 19.1 Å². The Labute approximate surface area is 119 Å². The highest BCUT2D eigenvalue weighted by molar-refractivity contribution is 5.93. The number of fused-ring (bicyclic) bond motifs is 1. The molecular formula is C16H22N2O2. The lowest BCUT2D eigenvalue weighted by Crippen LogP contribution is -2.29. The lowest BCUT2D eigenvalue weighted by Gasteiger charge is -2.20. The molecule has 1 heterocycles. The average Bonchev–Trinajstić information content (AvgIpc) is 2.95. The van der Waals surface area contributed by atoms with Gasteiger partial charge in [-0.3, -0.25) is 4.79 Å². The van der Waals surface area contributed by atoms with Crippen LogP contribution in [0.25, 0.3) is 0 Å². The molecule has 0 aromatic heterocycles. The molecule has 0 unspecified atom stereocenters. The summed E-state index contributed by atoms with van der Waals surface area (Å²) in [5.74, 6) is 1.49. The number of carbonyl (C=O) groups excluding carboxylic acids is 1. The first-order valence-electron chi connectivity index (χ1n) is 7.54. The number of aryl methyl sites for hydroxylation is 1. The number of anilines is 1. The van der Waals surface area contributed by atoms with E-state index in [4.69, 9.17) is 10.5 Å². The van der Waals surface area contributed by atoms with Crippen molar-refractivity contribution in [2.24, 2.45) is 17.6 Å². The van der Waals surface area contributed by atoms with E-state index in [0.29, 0.717) is 12.5 Å². The maximum Gasteiger partial charge on any atom is 0.227 e. The molecule has 0 radical (unpaired) electrons. The molecular weight excluding hydrogens is 252 g/mol. The molecule has 1 aliphatic carbocycles. The SMILES string of the molecule is NC[C@H]1CCC[C@H]1C(=O)Nc1ccc2c(c1)CCCO2. The molecule has 1 aromatic rings. The van der Waals surface area contributed by atoms with E-state index in [1.165, 1.54) is 5.56 Å². The number of nitrogens with one attached hydrogen (secondary N) is 1. The molecule has 1 fully saturated rings. The standard InChI is InChI=1S/C16H22N2O2/c17-10-12-3-1-5-14(12)16(19)18-13-6-7-15-11(9-13)4-2-8-20-15/h6-7,9,12,14H,1-5,8,10,17H2,(H,18,19)/t12-,14-/m1/s1. The fourth-order valence-electron chi connectivity index (χ4n) is 3.34. The van der Waals surface area contributed by atoms with E-state index >= 15 is 0 Å². The lowest BCUT2D eigenvalue weighted by atomic mass is 9.95. The van der Waals surface area contributed by atoms with Crippen LogP contribution in [0.2, 0.25) is 0 Å². The van der Waals surface area contributed by atoms with Gasteiger partial charge in [-0.15, -0.1) is 0 Å². The van der Waals surface area contributed by atoms with Gasteiger partial charge in [0.2, 0.25) is 5.91 Å². The van der Waals surface area contributed by atoms with Gasteiger partial charge in [0.15, 0.2) is 0 Å². The predicted octanol–water partition coefficient (Wildman–Crippen LogP) is 2.33. The maximum absolute atomic E-state index is 12.4. The van der Waals surface area contributed by atoms with Crippen molar-refractivity contribution < 1.29 is 9.53 Å². The average molecular weight is 274 g/mol. The molecule has 3 rings (SSSR count). The number of carbonyl (C=O) groups is 1. The van der Waals surface area contributed by atoms with Gasteiger partial charge >= 0.3 is 0 Å². The van der Waals surface area contributed by atoms with Crippen LogP contribution in [0.4, 0.5) is 5.69 Å². The minimum atomic E-state index is 0.0762. The zero-order valence-corrected chi connectivity index (χ0v) is 11.7. The molecule has 0 bridgehead atoms. The van der Waals surface area contributed by atoms with E-state index in [9.17, 15) is 4.79 Å². The molecule has 3 N–H and O–H groups in total. The fraction of sp³-hybridized carbons (Fsp3) is 0.562. The molecule has 1 aromatic carbocycles. The second kappa shape index (κ2) is 5.83. The van der Waals surface area contributed by atoms with Gasteiger partial charge in [0, 0.05) is 11.6 Å². The molecule has 2 atom stereocenters. The normalized spacial score (nSPS) is 24.9. The van der Waals surface area contributed by atoms with Gasteiger partial charge in [-0.05, 0) is 61.9 Å². The summed E-state index contributed by atoms with van der Waals surface area (Å²) in [4.78, 5) is 12.4. The van der Waals surface area contributed by atoms with Crippen molar-refractivity contribution in [1.82, 2.24) is 0 Å². The summed E-state index contributed by atoms with van der Waals surface area (Å²) in [5.41, 5.74) is 7.82. The van der Waals surface area contributed by atoms with E-state index in [2.05, 4.69) is 5.32 Å². The van der Waals surface area contributed by atoms with Gasteiger partial charge < -0.3 is 15.8 Å². The van der Waals surface area contributed by atoms with Gasteiger partial charge in [-0.1, -0.05) is 6.42 Å². The van der Waals surface area contributed by atoms with Crippen LogP contribution in [0.3, 0.4) is 0 Å². The quantitative estimate of drug-likeness (QED) is 0.889. The van der Waals surface area contributed by atoms with Crippen molar-refractivity contribution in [3.8, 4) is 5.75 Å². The van der Waals surface area contributed by atoms with Gasteiger partial charge in [0.1, 0.15) is 5.75 Å². The van der Waals surface area contributed by atoms with Crippen molar-refractivity contribution in [2.75, 3.05) is 18.5 Å². The topological polar surface area (TPSA) is 64.4 Å². The Morgan fingerprint density at radius 1 is 1.35 bits per heavy atom. The second-order valence-electron chi connectivity index (χ2n) is 5.80. The largest absolute Gasteiger partial charge is 0.493 e. The summed E-state index contributed by atoms with van der Waals surface area (Å²) in [5, 5.41) is 3.05. The fourth-order valence-corrected chi connectivity index (χ4v) is 3.34. The van der Waals surface area contributed by atoms with Crippen LogP contribution in [-0.2, 0) is 11.2 Å². The molecule has 2 aliphatic rings. The first-order valence-corrected chi connectivity index (χ1v) is 7.54. The Hall–Kier alpha value is -1.55. The first kappa shape index (κ1) is 13.4. The van der Waals surface area contributed by atoms with Crippen molar-refractivity contribution in [3.63, 3.8) is 0 Å². The molecule has 4 heteroatoms. The number of ether oxygens (including phenoxy) is 1. The van der Waals surface area contributed by atoms with Crippen molar-refractivity contribution in [2.45, 2.75) is 32.1 Å². The van der Waals surface area contributed by atoms with Crippen molar-refractivity contribution in [1.29, 1.82) is 0 Å². The molecule has 4 nitrogen and oxygen atoms in total. The number of rotatable bonds is 3. The van der Waals surface area contributed by atoms with Crippen molar-refractivity contribution in [3.05, 3.63) is 23.8 Å². The Morgan fingerprint density at radius 3 is 3.10 bits per heavy atom. The van der Waals surface area contributed by atoms with E-state index in [-0.39, 0.29) is 11.8 Å². The third-order valence-electron chi connectivity index (χ3n) is 4.47. The highest BCUT2D eigenvalue weighted by Gasteiger charge is 2.31. The minimum absolute atomic E-state index is 0.0762. The van der Waals surface area contributed by atoms with E-state index in [0.717, 1.165) is 50.1 Å². The first-order chi connectivity index (χ1) is 9.78. The van der Waals surface area contributed by atoms with Gasteiger partial charge in [-0.2, -0.15) is 0 Å². The van der Waals surface area contributed by atoms with Crippen LogP contribution in [0.1, 0.15) is 31.2 Å². The summed E-state index contributed by atoms with van der Waals surface area (Å²) in [6, 6.07) is 5.92. The number of benzene rings is 1. The number of hydrogen-bond donors (Lipinski definition) is 2.